The highest BCUT2D eigenvalue weighted by atomic mass is 19.1. The molecular weight excluding hydrogens is 298 g/mol. The molecule has 3 aromatic rings. The Morgan fingerprint density at radius 2 is 1.83 bits per heavy atom. The molecule has 0 aliphatic rings. The molecule has 5 heteroatoms. The van der Waals surface area contributed by atoms with E-state index >= 15 is 0 Å². The Bertz CT molecular complexity index is 866. The highest BCUT2D eigenvalue weighted by Gasteiger charge is 2.17. The molecule has 3 nitrogen and oxygen atoms in total. The molecule has 1 aromatic carbocycles. The first kappa shape index (κ1) is 15.2. The molecule has 0 aliphatic carbocycles. The van der Waals surface area contributed by atoms with Gasteiger partial charge in [-0.05, 0) is 42.8 Å². The van der Waals surface area contributed by atoms with E-state index in [1.807, 2.05) is 29.7 Å². The predicted octanol–water partition coefficient (Wildman–Crippen LogP) is 3.80. The fourth-order valence-corrected chi connectivity index (χ4v) is 2.59. The van der Waals surface area contributed by atoms with E-state index in [9.17, 15) is 13.6 Å². The molecule has 0 saturated carbocycles. The van der Waals surface area contributed by atoms with Gasteiger partial charge in [0.05, 0.1) is 12.1 Å². The van der Waals surface area contributed by atoms with Crippen molar-refractivity contribution in [3.63, 3.8) is 0 Å². The number of pyridine rings is 1. The van der Waals surface area contributed by atoms with Crippen LogP contribution in [0, 0.1) is 18.6 Å². The number of rotatable bonds is 3. The Labute approximate surface area is 132 Å². The van der Waals surface area contributed by atoms with Crippen molar-refractivity contribution in [3.8, 4) is 0 Å². The van der Waals surface area contributed by atoms with Crippen molar-refractivity contribution in [1.82, 2.24) is 9.30 Å². The van der Waals surface area contributed by atoms with Crippen LogP contribution in [0.2, 0.25) is 0 Å². The highest BCUT2D eigenvalue weighted by Crippen LogP contribution is 2.16. The van der Waals surface area contributed by atoms with Crippen molar-refractivity contribution in [2.45, 2.75) is 13.5 Å². The summed E-state index contributed by atoms with van der Waals surface area (Å²) in [5.74, 6) is -1.59. The number of amides is 1. The van der Waals surface area contributed by atoms with E-state index in [4.69, 9.17) is 0 Å². The molecule has 0 bridgehead atoms. The van der Waals surface area contributed by atoms with E-state index < -0.39 is 11.6 Å². The minimum atomic E-state index is -0.652. The van der Waals surface area contributed by atoms with Crippen LogP contribution in [0.4, 0.5) is 8.78 Å². The number of carbonyl (C=O) groups excluding carboxylic acids is 1. The first-order chi connectivity index (χ1) is 11.0. The van der Waals surface area contributed by atoms with Crippen LogP contribution in [0.1, 0.15) is 21.5 Å². The second-order valence-electron chi connectivity index (χ2n) is 5.63. The van der Waals surface area contributed by atoms with Gasteiger partial charge in [0.25, 0.3) is 5.91 Å². The second-order valence-corrected chi connectivity index (χ2v) is 5.63. The van der Waals surface area contributed by atoms with Gasteiger partial charge in [0.1, 0.15) is 11.6 Å². The first-order valence-corrected chi connectivity index (χ1v) is 7.22. The third-order valence-corrected chi connectivity index (χ3v) is 3.78. The van der Waals surface area contributed by atoms with Crippen molar-refractivity contribution >= 4 is 11.4 Å². The van der Waals surface area contributed by atoms with Crippen LogP contribution in [-0.4, -0.2) is 22.3 Å². The Morgan fingerprint density at radius 1 is 1.13 bits per heavy atom. The molecule has 0 radical (unpaired) electrons. The standard InChI is InChI=1S/C18H16F2N2O/c1-12-8-14-7-6-13(10-22(14)9-12)18(23)21(2)11-15-16(19)4-3-5-17(15)20/h3-10H,11H2,1-2H3. The summed E-state index contributed by atoms with van der Waals surface area (Å²) in [6.07, 6.45) is 3.64. The summed E-state index contributed by atoms with van der Waals surface area (Å²) in [4.78, 5) is 13.8. The number of halogens is 2. The van der Waals surface area contributed by atoms with Crippen molar-refractivity contribution < 1.29 is 13.6 Å². The Hall–Kier alpha value is -2.69. The maximum Gasteiger partial charge on any atom is 0.255 e. The largest absolute Gasteiger partial charge is 0.337 e. The lowest BCUT2D eigenvalue weighted by Crippen LogP contribution is -2.27. The van der Waals surface area contributed by atoms with E-state index in [0.29, 0.717) is 5.56 Å². The molecule has 0 fully saturated rings. The van der Waals surface area contributed by atoms with Crippen molar-refractivity contribution in [2.24, 2.45) is 0 Å². The Balaban J connectivity index is 1.86. The number of nitrogens with zero attached hydrogens (tertiary/aromatic N) is 2. The zero-order valence-corrected chi connectivity index (χ0v) is 12.9. The summed E-state index contributed by atoms with van der Waals surface area (Å²) in [6, 6.07) is 9.24. The van der Waals surface area contributed by atoms with Gasteiger partial charge in [-0.1, -0.05) is 6.07 Å². The molecule has 2 aromatic heterocycles. The topological polar surface area (TPSA) is 24.7 Å². The molecule has 1 amide bonds. The minimum absolute atomic E-state index is 0.110. The van der Waals surface area contributed by atoms with Gasteiger partial charge in [0.2, 0.25) is 0 Å². The zero-order valence-electron chi connectivity index (χ0n) is 12.9. The number of benzene rings is 1. The molecule has 0 aliphatic heterocycles. The van der Waals surface area contributed by atoms with Crippen LogP contribution in [0.5, 0.6) is 0 Å². The lowest BCUT2D eigenvalue weighted by molar-refractivity contribution is 0.0782. The van der Waals surface area contributed by atoms with Crippen LogP contribution < -0.4 is 0 Å². The van der Waals surface area contributed by atoms with E-state index in [2.05, 4.69) is 0 Å². The highest BCUT2D eigenvalue weighted by molar-refractivity contribution is 5.94. The minimum Gasteiger partial charge on any atom is -0.337 e. The number of hydrogen-bond donors (Lipinski definition) is 0. The second kappa shape index (κ2) is 5.83. The van der Waals surface area contributed by atoms with Gasteiger partial charge in [0, 0.05) is 30.5 Å². The average molecular weight is 314 g/mol. The Kier molecular flexibility index (Phi) is 3.86. The van der Waals surface area contributed by atoms with Crippen molar-refractivity contribution in [1.29, 1.82) is 0 Å². The lowest BCUT2D eigenvalue weighted by Gasteiger charge is -2.18. The normalized spacial score (nSPS) is 11.0. The maximum atomic E-state index is 13.7. The molecule has 118 valence electrons. The van der Waals surface area contributed by atoms with Gasteiger partial charge in [0.15, 0.2) is 0 Å². The summed E-state index contributed by atoms with van der Waals surface area (Å²) < 4.78 is 29.3. The quantitative estimate of drug-likeness (QED) is 0.722. The van der Waals surface area contributed by atoms with Crippen LogP contribution in [-0.2, 0) is 6.54 Å². The summed E-state index contributed by atoms with van der Waals surface area (Å²) in [7, 11) is 1.53. The molecule has 0 spiro atoms. The molecule has 0 atom stereocenters. The monoisotopic (exact) mass is 314 g/mol. The molecular formula is C18H16F2N2O. The summed E-state index contributed by atoms with van der Waals surface area (Å²) in [5, 5.41) is 0. The maximum absolute atomic E-state index is 13.7. The number of hydrogen-bond acceptors (Lipinski definition) is 1. The number of fused-ring (bicyclic) bond motifs is 1. The molecule has 0 N–H and O–H groups in total. The Morgan fingerprint density at radius 3 is 2.52 bits per heavy atom. The van der Waals surface area contributed by atoms with Gasteiger partial charge in [-0.2, -0.15) is 0 Å². The van der Waals surface area contributed by atoms with Crippen LogP contribution in [0.3, 0.4) is 0 Å². The summed E-state index contributed by atoms with van der Waals surface area (Å²) in [5.41, 5.74) is 2.44. The SMILES string of the molecule is Cc1cc2ccc(C(=O)N(C)Cc3c(F)cccc3F)cn2c1. The molecule has 0 unspecified atom stereocenters. The average Bonchev–Trinajstić information content (AvgIpc) is 2.89. The molecule has 23 heavy (non-hydrogen) atoms. The fraction of sp³-hybridized carbons (Fsp3) is 0.167. The van der Waals surface area contributed by atoms with Crippen LogP contribution in [0.15, 0.2) is 48.8 Å². The predicted molar refractivity (Wildman–Crippen MR) is 84.3 cm³/mol. The first-order valence-electron chi connectivity index (χ1n) is 7.22. The fourth-order valence-electron chi connectivity index (χ4n) is 2.59. The van der Waals surface area contributed by atoms with Gasteiger partial charge >= 0.3 is 0 Å². The van der Waals surface area contributed by atoms with E-state index in [-0.39, 0.29) is 18.0 Å². The van der Waals surface area contributed by atoms with Crippen molar-refractivity contribution in [2.75, 3.05) is 7.05 Å². The van der Waals surface area contributed by atoms with Crippen LogP contribution in [0.25, 0.3) is 5.52 Å². The van der Waals surface area contributed by atoms with Gasteiger partial charge in [-0.3, -0.25) is 4.79 Å². The number of carbonyl (C=O) groups is 1. The molecule has 2 heterocycles. The summed E-state index contributed by atoms with van der Waals surface area (Å²) in [6.45, 7) is 1.85. The van der Waals surface area contributed by atoms with Gasteiger partial charge in [-0.15, -0.1) is 0 Å². The number of aryl methyl sites for hydroxylation is 1. The zero-order chi connectivity index (χ0) is 16.6. The van der Waals surface area contributed by atoms with Crippen molar-refractivity contribution in [3.05, 3.63) is 77.1 Å². The van der Waals surface area contributed by atoms with E-state index in [0.717, 1.165) is 11.1 Å². The third-order valence-electron chi connectivity index (χ3n) is 3.78. The lowest BCUT2D eigenvalue weighted by atomic mass is 10.1. The molecule has 0 saturated heterocycles. The number of aromatic nitrogens is 1. The van der Waals surface area contributed by atoms with Crippen LogP contribution >= 0.6 is 0 Å². The summed E-state index contributed by atoms with van der Waals surface area (Å²) >= 11 is 0. The van der Waals surface area contributed by atoms with Gasteiger partial charge in [-0.25, -0.2) is 8.78 Å². The third kappa shape index (κ3) is 2.95. The van der Waals surface area contributed by atoms with E-state index in [1.54, 1.807) is 12.3 Å². The van der Waals surface area contributed by atoms with E-state index in [1.165, 1.54) is 30.1 Å². The smallest absolute Gasteiger partial charge is 0.255 e. The van der Waals surface area contributed by atoms with Gasteiger partial charge < -0.3 is 9.30 Å². The molecule has 3 rings (SSSR count).